The third kappa shape index (κ3) is 3.57. The first-order valence-corrected chi connectivity index (χ1v) is 7.73. The second-order valence-electron chi connectivity index (χ2n) is 4.75. The molecule has 0 fully saturated rings. The molecule has 1 N–H and O–H groups in total. The average Bonchev–Trinajstić information content (AvgIpc) is 2.84. The number of aromatic nitrogens is 2. The van der Waals surface area contributed by atoms with Crippen LogP contribution in [0.2, 0.25) is 10.0 Å². The Hall–Kier alpha value is -1.10. The second kappa shape index (κ2) is 7.25. The Kier molecular flexibility index (Phi) is 5.62. The monoisotopic (exact) mass is 329 g/mol. The summed E-state index contributed by atoms with van der Waals surface area (Å²) in [6.45, 7) is 5.56. The van der Waals surface area contributed by atoms with Gasteiger partial charge in [0.05, 0.1) is 28.0 Å². The molecule has 0 saturated heterocycles. The van der Waals surface area contributed by atoms with Crippen molar-refractivity contribution in [2.75, 3.05) is 6.54 Å². The lowest BCUT2D eigenvalue weighted by Gasteiger charge is -2.21. The molecule has 1 aromatic heterocycles. The van der Waals surface area contributed by atoms with E-state index in [1.54, 1.807) is 12.3 Å². The summed E-state index contributed by atoms with van der Waals surface area (Å²) < 4.78 is 15.6. The summed E-state index contributed by atoms with van der Waals surface area (Å²) in [6.07, 6.45) is 2.58. The zero-order valence-corrected chi connectivity index (χ0v) is 13.5. The number of halogens is 3. The summed E-state index contributed by atoms with van der Waals surface area (Å²) in [6, 6.07) is 4.60. The molecule has 0 amide bonds. The molecule has 6 heteroatoms. The minimum Gasteiger partial charge on any atom is -0.305 e. The summed E-state index contributed by atoms with van der Waals surface area (Å²) in [5.74, 6) is -0.434. The standard InChI is InChI=1S/C15H18Cl2FN3/c1-3-7-19-14(10-5-6-11(16)13(18)8-10)15-12(17)9-20-21(15)4-2/h5-6,8-9,14,19H,3-4,7H2,1-2H3. The molecule has 1 aromatic carbocycles. The van der Waals surface area contributed by atoms with Crippen LogP contribution in [0.5, 0.6) is 0 Å². The van der Waals surface area contributed by atoms with Crippen LogP contribution in [0.1, 0.15) is 37.6 Å². The molecule has 0 aliphatic carbocycles. The van der Waals surface area contributed by atoms with Crippen molar-refractivity contribution < 1.29 is 4.39 Å². The molecule has 0 spiro atoms. The molecule has 1 heterocycles. The van der Waals surface area contributed by atoms with Crippen LogP contribution in [0.4, 0.5) is 4.39 Å². The third-order valence-electron chi connectivity index (χ3n) is 3.28. The Bertz CT molecular complexity index is 613. The van der Waals surface area contributed by atoms with Crippen LogP contribution < -0.4 is 5.32 Å². The van der Waals surface area contributed by atoms with Gasteiger partial charge in [-0.3, -0.25) is 4.68 Å². The van der Waals surface area contributed by atoms with Gasteiger partial charge in [-0.25, -0.2) is 4.39 Å². The molecule has 0 aliphatic heterocycles. The predicted octanol–water partition coefficient (Wildman–Crippen LogP) is 4.44. The van der Waals surface area contributed by atoms with Crippen molar-refractivity contribution in [1.29, 1.82) is 0 Å². The highest BCUT2D eigenvalue weighted by Crippen LogP contribution is 2.30. The van der Waals surface area contributed by atoms with E-state index < -0.39 is 5.82 Å². The van der Waals surface area contributed by atoms with Crippen LogP contribution in [0.25, 0.3) is 0 Å². The highest BCUT2D eigenvalue weighted by molar-refractivity contribution is 6.31. The predicted molar refractivity (Wildman–Crippen MR) is 84.5 cm³/mol. The highest BCUT2D eigenvalue weighted by atomic mass is 35.5. The maximum absolute atomic E-state index is 13.8. The maximum Gasteiger partial charge on any atom is 0.142 e. The van der Waals surface area contributed by atoms with Crippen molar-refractivity contribution >= 4 is 23.2 Å². The Morgan fingerprint density at radius 2 is 2.05 bits per heavy atom. The molecule has 2 rings (SSSR count). The van der Waals surface area contributed by atoms with Gasteiger partial charge in [0.1, 0.15) is 5.82 Å². The summed E-state index contributed by atoms with van der Waals surface area (Å²) in [7, 11) is 0. The smallest absolute Gasteiger partial charge is 0.142 e. The van der Waals surface area contributed by atoms with E-state index in [1.165, 1.54) is 6.07 Å². The molecule has 0 bridgehead atoms. The van der Waals surface area contributed by atoms with Gasteiger partial charge in [0.25, 0.3) is 0 Å². The van der Waals surface area contributed by atoms with Crippen LogP contribution in [0, 0.1) is 5.82 Å². The van der Waals surface area contributed by atoms with E-state index >= 15 is 0 Å². The molecule has 1 unspecified atom stereocenters. The molecular weight excluding hydrogens is 312 g/mol. The van der Waals surface area contributed by atoms with E-state index in [2.05, 4.69) is 17.3 Å². The van der Waals surface area contributed by atoms with Crippen LogP contribution >= 0.6 is 23.2 Å². The van der Waals surface area contributed by atoms with E-state index in [-0.39, 0.29) is 11.1 Å². The van der Waals surface area contributed by atoms with E-state index in [1.807, 2.05) is 17.7 Å². The first kappa shape index (κ1) is 16.3. The summed E-state index contributed by atoms with van der Waals surface area (Å²) in [4.78, 5) is 0. The lowest BCUT2D eigenvalue weighted by Crippen LogP contribution is -2.26. The van der Waals surface area contributed by atoms with Gasteiger partial charge < -0.3 is 5.32 Å². The highest BCUT2D eigenvalue weighted by Gasteiger charge is 2.22. The Balaban J connectivity index is 2.46. The first-order chi connectivity index (χ1) is 10.1. The molecule has 114 valence electrons. The number of hydrogen-bond donors (Lipinski definition) is 1. The van der Waals surface area contributed by atoms with E-state index in [0.29, 0.717) is 11.6 Å². The zero-order valence-electron chi connectivity index (χ0n) is 12.0. The number of aryl methyl sites for hydroxylation is 1. The number of nitrogens with one attached hydrogen (secondary N) is 1. The van der Waals surface area contributed by atoms with Gasteiger partial charge in [-0.2, -0.15) is 5.10 Å². The van der Waals surface area contributed by atoms with Crippen LogP contribution in [0.15, 0.2) is 24.4 Å². The van der Waals surface area contributed by atoms with Gasteiger partial charge in [0.2, 0.25) is 0 Å². The molecule has 1 atom stereocenters. The van der Waals surface area contributed by atoms with Crippen molar-refractivity contribution in [3.8, 4) is 0 Å². The van der Waals surface area contributed by atoms with Crippen LogP contribution in [-0.4, -0.2) is 16.3 Å². The van der Waals surface area contributed by atoms with Crippen molar-refractivity contribution in [2.24, 2.45) is 0 Å². The summed E-state index contributed by atoms with van der Waals surface area (Å²) in [5, 5.41) is 8.33. The van der Waals surface area contributed by atoms with Gasteiger partial charge in [-0.05, 0) is 37.6 Å². The van der Waals surface area contributed by atoms with E-state index in [4.69, 9.17) is 23.2 Å². The van der Waals surface area contributed by atoms with E-state index in [0.717, 1.165) is 24.2 Å². The average molecular weight is 330 g/mol. The number of nitrogens with zero attached hydrogens (tertiary/aromatic N) is 2. The lowest BCUT2D eigenvalue weighted by molar-refractivity contribution is 0.526. The molecular formula is C15H18Cl2FN3. The van der Waals surface area contributed by atoms with Crippen LogP contribution in [-0.2, 0) is 6.54 Å². The quantitative estimate of drug-likeness (QED) is 0.849. The first-order valence-electron chi connectivity index (χ1n) is 6.98. The fraction of sp³-hybridized carbons (Fsp3) is 0.400. The third-order valence-corrected chi connectivity index (χ3v) is 3.88. The molecule has 21 heavy (non-hydrogen) atoms. The summed E-state index contributed by atoms with van der Waals surface area (Å²) >= 11 is 12.0. The number of rotatable bonds is 6. The molecule has 0 saturated carbocycles. The zero-order chi connectivity index (χ0) is 15.4. The minimum absolute atomic E-state index is 0.114. The van der Waals surface area contributed by atoms with Gasteiger partial charge in [-0.15, -0.1) is 0 Å². The SMILES string of the molecule is CCCNC(c1ccc(Cl)c(F)c1)c1c(Cl)cnn1CC. The fourth-order valence-electron chi connectivity index (χ4n) is 2.26. The van der Waals surface area contributed by atoms with Crippen LogP contribution in [0.3, 0.4) is 0 Å². The second-order valence-corrected chi connectivity index (χ2v) is 5.57. The molecule has 3 nitrogen and oxygen atoms in total. The largest absolute Gasteiger partial charge is 0.305 e. The Morgan fingerprint density at radius 1 is 1.29 bits per heavy atom. The Labute approximate surface area is 134 Å². The van der Waals surface area contributed by atoms with Gasteiger partial charge in [0, 0.05) is 6.54 Å². The number of hydrogen-bond acceptors (Lipinski definition) is 2. The van der Waals surface area contributed by atoms with Gasteiger partial charge >= 0.3 is 0 Å². The number of benzene rings is 1. The van der Waals surface area contributed by atoms with Crippen molar-refractivity contribution in [3.63, 3.8) is 0 Å². The van der Waals surface area contributed by atoms with Crippen molar-refractivity contribution in [1.82, 2.24) is 15.1 Å². The normalized spacial score (nSPS) is 12.6. The van der Waals surface area contributed by atoms with Crippen molar-refractivity contribution in [2.45, 2.75) is 32.9 Å². The van der Waals surface area contributed by atoms with E-state index in [9.17, 15) is 4.39 Å². The lowest BCUT2D eigenvalue weighted by atomic mass is 10.0. The maximum atomic E-state index is 13.8. The summed E-state index contributed by atoms with van der Waals surface area (Å²) in [5.41, 5.74) is 1.62. The van der Waals surface area contributed by atoms with Gasteiger partial charge in [0.15, 0.2) is 0 Å². The fourth-order valence-corrected chi connectivity index (χ4v) is 2.63. The topological polar surface area (TPSA) is 29.9 Å². The molecule has 0 radical (unpaired) electrons. The minimum atomic E-state index is -0.434. The Morgan fingerprint density at radius 3 is 2.67 bits per heavy atom. The molecule has 2 aromatic rings. The van der Waals surface area contributed by atoms with Gasteiger partial charge in [-0.1, -0.05) is 36.2 Å². The van der Waals surface area contributed by atoms with Crippen molar-refractivity contribution in [3.05, 3.63) is 51.5 Å². The molecule has 0 aliphatic rings.